The molecule has 4 rings (SSSR count). The molecular formula is C16H25NO3. The van der Waals surface area contributed by atoms with Crippen molar-refractivity contribution in [2.45, 2.75) is 51.9 Å². The highest BCUT2D eigenvalue weighted by atomic mass is 16.4. The van der Waals surface area contributed by atoms with Gasteiger partial charge in [0.25, 0.3) is 0 Å². The van der Waals surface area contributed by atoms with Gasteiger partial charge in [0.15, 0.2) is 0 Å². The van der Waals surface area contributed by atoms with Crippen LogP contribution in [0.1, 0.15) is 51.9 Å². The highest BCUT2D eigenvalue weighted by molar-refractivity contribution is 5.83. The lowest BCUT2D eigenvalue weighted by molar-refractivity contribution is -0.147. The standard InChI is InChI=1S/C16H25NO3/c1-10(2-14(18)19)9-17-15(20)16-6-11-3-12(7-16)5-13(4-11)8-16/h10-13H,2-9H2,1H3,(H,17,20)(H,18,19). The molecule has 2 N–H and O–H groups in total. The van der Waals surface area contributed by atoms with Crippen molar-refractivity contribution in [3.8, 4) is 0 Å². The predicted octanol–water partition coefficient (Wildman–Crippen LogP) is 2.43. The van der Waals surface area contributed by atoms with Crippen molar-refractivity contribution >= 4 is 11.9 Å². The Labute approximate surface area is 120 Å². The van der Waals surface area contributed by atoms with E-state index in [4.69, 9.17) is 5.11 Å². The van der Waals surface area contributed by atoms with Gasteiger partial charge in [0.1, 0.15) is 0 Å². The molecule has 112 valence electrons. The smallest absolute Gasteiger partial charge is 0.303 e. The Hall–Kier alpha value is -1.06. The van der Waals surface area contributed by atoms with Gasteiger partial charge in [0, 0.05) is 18.4 Å². The molecule has 0 aromatic carbocycles. The number of carbonyl (C=O) groups is 2. The zero-order valence-corrected chi connectivity index (χ0v) is 12.2. The number of amides is 1. The molecule has 0 aliphatic heterocycles. The summed E-state index contributed by atoms with van der Waals surface area (Å²) in [6.45, 7) is 2.38. The SMILES string of the molecule is CC(CNC(=O)C12CC3CC(CC(C3)C1)C2)CC(=O)O. The highest BCUT2D eigenvalue weighted by Gasteiger charge is 2.54. The maximum atomic E-state index is 12.6. The fourth-order valence-corrected chi connectivity index (χ4v) is 5.21. The van der Waals surface area contributed by atoms with E-state index in [2.05, 4.69) is 5.32 Å². The van der Waals surface area contributed by atoms with E-state index in [-0.39, 0.29) is 23.7 Å². The molecule has 1 unspecified atom stereocenters. The molecule has 0 saturated heterocycles. The number of aliphatic carboxylic acids is 1. The maximum Gasteiger partial charge on any atom is 0.303 e. The number of nitrogens with one attached hydrogen (secondary N) is 1. The second-order valence-corrected chi connectivity index (χ2v) is 7.61. The molecule has 4 fully saturated rings. The van der Waals surface area contributed by atoms with Crippen LogP contribution in [0.25, 0.3) is 0 Å². The van der Waals surface area contributed by atoms with Gasteiger partial charge < -0.3 is 10.4 Å². The number of carboxylic acid groups (broad SMARTS) is 1. The summed E-state index contributed by atoms with van der Waals surface area (Å²) >= 11 is 0. The maximum absolute atomic E-state index is 12.6. The summed E-state index contributed by atoms with van der Waals surface area (Å²) in [4.78, 5) is 23.3. The van der Waals surface area contributed by atoms with E-state index in [9.17, 15) is 9.59 Å². The van der Waals surface area contributed by atoms with Crippen molar-refractivity contribution in [1.82, 2.24) is 5.32 Å². The summed E-state index contributed by atoms with van der Waals surface area (Å²) < 4.78 is 0. The van der Waals surface area contributed by atoms with Gasteiger partial charge in [-0.1, -0.05) is 6.92 Å². The van der Waals surface area contributed by atoms with Gasteiger partial charge in [-0.15, -0.1) is 0 Å². The molecule has 0 radical (unpaired) electrons. The summed E-state index contributed by atoms with van der Waals surface area (Å²) in [6.07, 6.45) is 7.33. The second-order valence-electron chi connectivity index (χ2n) is 7.61. The lowest BCUT2D eigenvalue weighted by atomic mass is 9.49. The second kappa shape index (κ2) is 5.05. The fraction of sp³-hybridized carbons (Fsp3) is 0.875. The molecule has 1 atom stereocenters. The molecule has 1 amide bonds. The van der Waals surface area contributed by atoms with Crippen molar-refractivity contribution in [2.75, 3.05) is 6.54 Å². The zero-order valence-electron chi connectivity index (χ0n) is 12.2. The Morgan fingerprint density at radius 2 is 1.65 bits per heavy atom. The first-order valence-corrected chi connectivity index (χ1v) is 7.97. The van der Waals surface area contributed by atoms with Crippen LogP contribution in [0.2, 0.25) is 0 Å². The molecule has 0 heterocycles. The molecule has 4 aliphatic carbocycles. The van der Waals surface area contributed by atoms with Crippen LogP contribution < -0.4 is 5.32 Å². The van der Waals surface area contributed by atoms with E-state index >= 15 is 0 Å². The molecule has 20 heavy (non-hydrogen) atoms. The average molecular weight is 279 g/mol. The molecule has 0 spiro atoms. The summed E-state index contributed by atoms with van der Waals surface area (Å²) in [6, 6.07) is 0. The zero-order chi connectivity index (χ0) is 14.3. The van der Waals surface area contributed by atoms with Gasteiger partial charge in [0.2, 0.25) is 5.91 Å². The van der Waals surface area contributed by atoms with E-state index in [1.54, 1.807) is 0 Å². The van der Waals surface area contributed by atoms with Crippen LogP contribution in [-0.2, 0) is 9.59 Å². The molecule has 0 aromatic heterocycles. The van der Waals surface area contributed by atoms with Crippen LogP contribution in [0.15, 0.2) is 0 Å². The molecule has 4 nitrogen and oxygen atoms in total. The lowest BCUT2D eigenvalue weighted by Gasteiger charge is -2.55. The minimum absolute atomic E-state index is 0.00497. The van der Waals surface area contributed by atoms with Gasteiger partial charge >= 0.3 is 5.97 Å². The van der Waals surface area contributed by atoms with E-state index in [1.165, 1.54) is 19.3 Å². The number of rotatable bonds is 5. The van der Waals surface area contributed by atoms with Crippen LogP contribution in [0.3, 0.4) is 0 Å². The van der Waals surface area contributed by atoms with Crippen LogP contribution in [0.5, 0.6) is 0 Å². The van der Waals surface area contributed by atoms with Crippen molar-refractivity contribution in [3.05, 3.63) is 0 Å². The lowest BCUT2D eigenvalue weighted by Crippen LogP contribution is -2.54. The fourth-order valence-electron chi connectivity index (χ4n) is 5.21. The third-order valence-corrected chi connectivity index (χ3v) is 5.65. The topological polar surface area (TPSA) is 66.4 Å². The molecule has 4 heteroatoms. The Balaban J connectivity index is 1.58. The van der Waals surface area contributed by atoms with E-state index in [0.29, 0.717) is 6.54 Å². The van der Waals surface area contributed by atoms with Crippen molar-refractivity contribution in [2.24, 2.45) is 29.1 Å². The van der Waals surface area contributed by atoms with E-state index in [1.807, 2.05) is 6.92 Å². The molecule has 4 bridgehead atoms. The quantitative estimate of drug-likeness (QED) is 0.812. The Kier molecular flexibility index (Phi) is 3.51. The van der Waals surface area contributed by atoms with E-state index in [0.717, 1.165) is 37.0 Å². The monoisotopic (exact) mass is 279 g/mol. The minimum Gasteiger partial charge on any atom is -0.481 e. The summed E-state index contributed by atoms with van der Waals surface area (Å²) in [5, 5.41) is 11.8. The van der Waals surface area contributed by atoms with Gasteiger partial charge in [-0.25, -0.2) is 0 Å². The third kappa shape index (κ3) is 2.57. The summed E-state index contributed by atoms with van der Waals surface area (Å²) in [7, 11) is 0. The average Bonchev–Trinajstić information content (AvgIpc) is 2.33. The Morgan fingerprint density at radius 1 is 1.15 bits per heavy atom. The van der Waals surface area contributed by atoms with Crippen molar-refractivity contribution in [3.63, 3.8) is 0 Å². The van der Waals surface area contributed by atoms with Crippen LogP contribution in [0.4, 0.5) is 0 Å². The summed E-state index contributed by atoms with van der Waals surface area (Å²) in [5.41, 5.74) is -0.113. The number of hydrogen-bond donors (Lipinski definition) is 2. The van der Waals surface area contributed by atoms with Crippen LogP contribution in [0, 0.1) is 29.1 Å². The number of carboxylic acids is 1. The van der Waals surface area contributed by atoms with E-state index < -0.39 is 5.97 Å². The largest absolute Gasteiger partial charge is 0.481 e. The van der Waals surface area contributed by atoms with Crippen LogP contribution in [-0.4, -0.2) is 23.5 Å². The summed E-state index contributed by atoms with van der Waals surface area (Å²) in [5.74, 6) is 1.72. The Morgan fingerprint density at radius 3 is 2.10 bits per heavy atom. The highest BCUT2D eigenvalue weighted by Crippen LogP contribution is 2.60. The van der Waals surface area contributed by atoms with Gasteiger partial charge in [-0.2, -0.15) is 0 Å². The molecule has 4 aliphatic rings. The molecule has 4 saturated carbocycles. The molecule has 0 aromatic rings. The minimum atomic E-state index is -0.790. The Bertz CT molecular complexity index is 383. The first-order chi connectivity index (χ1) is 9.47. The first kappa shape index (κ1) is 13.9. The van der Waals surface area contributed by atoms with Crippen molar-refractivity contribution < 1.29 is 14.7 Å². The van der Waals surface area contributed by atoms with Gasteiger partial charge in [-0.3, -0.25) is 9.59 Å². The molecular weight excluding hydrogens is 254 g/mol. The predicted molar refractivity (Wildman–Crippen MR) is 75.0 cm³/mol. The number of carbonyl (C=O) groups excluding carboxylic acids is 1. The van der Waals surface area contributed by atoms with Gasteiger partial charge in [0.05, 0.1) is 0 Å². The first-order valence-electron chi connectivity index (χ1n) is 7.97. The third-order valence-electron chi connectivity index (χ3n) is 5.65. The van der Waals surface area contributed by atoms with Gasteiger partial charge in [-0.05, 0) is 62.2 Å². The van der Waals surface area contributed by atoms with Crippen LogP contribution >= 0.6 is 0 Å². The normalized spacial score (nSPS) is 39.5. The van der Waals surface area contributed by atoms with Crippen molar-refractivity contribution in [1.29, 1.82) is 0 Å². The number of hydrogen-bond acceptors (Lipinski definition) is 2.